The number of thiazole rings is 1. The summed E-state index contributed by atoms with van der Waals surface area (Å²) in [5.41, 5.74) is 0.797. The Bertz CT molecular complexity index is 573. The molecule has 0 spiro atoms. The molecule has 5 heteroatoms. The zero-order valence-corrected chi connectivity index (χ0v) is 12.6. The van der Waals surface area contributed by atoms with E-state index in [9.17, 15) is 9.50 Å². The van der Waals surface area contributed by atoms with Crippen LogP contribution in [0.25, 0.3) is 0 Å². The van der Waals surface area contributed by atoms with Gasteiger partial charge in [0.25, 0.3) is 0 Å². The molecule has 2 rings (SSSR count). The van der Waals surface area contributed by atoms with Crippen LogP contribution >= 0.6 is 11.3 Å². The fourth-order valence-corrected chi connectivity index (χ4v) is 2.88. The van der Waals surface area contributed by atoms with E-state index in [1.165, 1.54) is 23.5 Å². The van der Waals surface area contributed by atoms with Gasteiger partial charge >= 0.3 is 0 Å². The molecule has 1 aromatic carbocycles. The number of aliphatic hydroxyl groups is 1. The van der Waals surface area contributed by atoms with Gasteiger partial charge in [-0.15, -0.1) is 11.3 Å². The van der Waals surface area contributed by atoms with Crippen LogP contribution in [0.3, 0.4) is 0 Å². The van der Waals surface area contributed by atoms with Crippen molar-refractivity contribution in [1.82, 2.24) is 4.98 Å². The third kappa shape index (κ3) is 3.55. The third-order valence-electron chi connectivity index (χ3n) is 2.77. The highest BCUT2D eigenvalue weighted by Gasteiger charge is 2.22. The largest absolute Gasteiger partial charge is 0.486 e. The minimum absolute atomic E-state index is 0.0131. The number of ether oxygens (including phenoxy) is 1. The van der Waals surface area contributed by atoms with E-state index in [1.54, 1.807) is 12.1 Å². The fourth-order valence-electron chi connectivity index (χ4n) is 1.83. The summed E-state index contributed by atoms with van der Waals surface area (Å²) in [6.45, 7) is 6.49. The van der Waals surface area contributed by atoms with Crippen molar-refractivity contribution in [3.05, 3.63) is 45.7 Å². The normalized spacial score (nSPS) is 11.7. The van der Waals surface area contributed by atoms with Crippen molar-refractivity contribution in [2.45, 2.75) is 39.4 Å². The number of aliphatic hydroxyl groups excluding tert-OH is 1. The molecule has 1 N–H and O–H groups in total. The lowest BCUT2D eigenvalue weighted by Gasteiger charge is -2.16. The van der Waals surface area contributed by atoms with Crippen molar-refractivity contribution >= 4 is 11.3 Å². The quantitative estimate of drug-likeness (QED) is 0.936. The van der Waals surface area contributed by atoms with Gasteiger partial charge in [-0.1, -0.05) is 20.8 Å². The molecule has 0 fully saturated rings. The summed E-state index contributed by atoms with van der Waals surface area (Å²) in [5, 5.41) is 10.2. The molecule has 0 radical (unpaired) electrons. The van der Waals surface area contributed by atoms with E-state index >= 15 is 0 Å². The Morgan fingerprint density at radius 1 is 1.25 bits per heavy atom. The van der Waals surface area contributed by atoms with Crippen LogP contribution < -0.4 is 4.74 Å². The third-order valence-corrected chi connectivity index (χ3v) is 3.79. The van der Waals surface area contributed by atoms with Gasteiger partial charge in [0.2, 0.25) is 0 Å². The highest BCUT2D eigenvalue weighted by molar-refractivity contribution is 7.11. The minimum atomic E-state index is -0.288. The van der Waals surface area contributed by atoms with Gasteiger partial charge < -0.3 is 9.84 Å². The number of benzene rings is 1. The van der Waals surface area contributed by atoms with Gasteiger partial charge in [-0.25, -0.2) is 9.37 Å². The molecule has 20 heavy (non-hydrogen) atoms. The molecule has 0 aliphatic heterocycles. The molecule has 0 unspecified atom stereocenters. The van der Waals surface area contributed by atoms with Gasteiger partial charge in [-0.3, -0.25) is 0 Å². The van der Waals surface area contributed by atoms with Crippen LogP contribution in [-0.2, 0) is 18.6 Å². The summed E-state index contributed by atoms with van der Waals surface area (Å²) in [6.07, 6.45) is 0. The van der Waals surface area contributed by atoms with E-state index in [-0.39, 0.29) is 17.8 Å². The van der Waals surface area contributed by atoms with Crippen LogP contribution in [0.5, 0.6) is 5.75 Å². The summed E-state index contributed by atoms with van der Waals surface area (Å²) in [6, 6.07) is 5.88. The molecule has 0 aliphatic rings. The summed E-state index contributed by atoms with van der Waals surface area (Å²) in [7, 11) is 0. The average Bonchev–Trinajstić information content (AvgIpc) is 2.81. The lowest BCUT2D eigenvalue weighted by Crippen LogP contribution is -2.14. The summed E-state index contributed by atoms with van der Waals surface area (Å²) in [5.74, 6) is 0.314. The SMILES string of the molecule is CC(C)(C)c1nc(COc2ccc(F)cc2)sc1CO. The zero-order valence-electron chi connectivity index (χ0n) is 11.8. The lowest BCUT2D eigenvalue weighted by atomic mass is 9.91. The molecule has 0 aliphatic carbocycles. The van der Waals surface area contributed by atoms with Crippen LogP contribution in [0.15, 0.2) is 24.3 Å². The van der Waals surface area contributed by atoms with Gasteiger partial charge in [0.1, 0.15) is 23.2 Å². The predicted octanol–water partition coefficient (Wildman–Crippen LogP) is 3.65. The molecule has 0 amide bonds. The Balaban J connectivity index is 2.10. The van der Waals surface area contributed by atoms with E-state index < -0.39 is 0 Å². The van der Waals surface area contributed by atoms with E-state index in [4.69, 9.17) is 4.74 Å². The van der Waals surface area contributed by atoms with Gasteiger partial charge in [0.05, 0.1) is 17.2 Å². The average molecular weight is 295 g/mol. The van der Waals surface area contributed by atoms with E-state index in [0.29, 0.717) is 12.4 Å². The molecule has 0 saturated carbocycles. The Kier molecular flexibility index (Phi) is 4.40. The summed E-state index contributed by atoms with van der Waals surface area (Å²) < 4.78 is 18.4. The van der Waals surface area contributed by atoms with Crippen molar-refractivity contribution in [2.75, 3.05) is 0 Å². The van der Waals surface area contributed by atoms with Crippen LogP contribution in [0.2, 0.25) is 0 Å². The van der Waals surface area contributed by atoms with Gasteiger partial charge in [0, 0.05) is 5.41 Å². The van der Waals surface area contributed by atoms with Crippen molar-refractivity contribution < 1.29 is 14.2 Å². The number of aromatic nitrogens is 1. The van der Waals surface area contributed by atoms with Gasteiger partial charge in [-0.05, 0) is 24.3 Å². The molecule has 108 valence electrons. The standard InChI is InChI=1S/C15H18FNO2S/c1-15(2,3)14-12(8-18)20-13(17-14)9-19-11-6-4-10(16)5-7-11/h4-7,18H,8-9H2,1-3H3. The number of hydrogen-bond donors (Lipinski definition) is 1. The highest BCUT2D eigenvalue weighted by Crippen LogP contribution is 2.30. The first kappa shape index (κ1) is 14.9. The lowest BCUT2D eigenvalue weighted by molar-refractivity contribution is 0.282. The number of hydrogen-bond acceptors (Lipinski definition) is 4. The Labute approximate surface area is 122 Å². The van der Waals surface area contributed by atoms with Crippen LogP contribution in [-0.4, -0.2) is 10.1 Å². The first-order valence-corrected chi connectivity index (χ1v) is 7.20. The van der Waals surface area contributed by atoms with Crippen molar-refractivity contribution in [3.8, 4) is 5.75 Å². The van der Waals surface area contributed by atoms with E-state index in [0.717, 1.165) is 15.6 Å². The molecule has 0 saturated heterocycles. The molecule has 0 atom stereocenters. The molecule has 1 aromatic heterocycles. The van der Waals surface area contributed by atoms with Crippen LogP contribution in [0, 0.1) is 5.82 Å². The second-order valence-corrected chi connectivity index (χ2v) is 6.70. The monoisotopic (exact) mass is 295 g/mol. The van der Waals surface area contributed by atoms with Gasteiger partial charge in [-0.2, -0.15) is 0 Å². The molecule has 1 heterocycles. The van der Waals surface area contributed by atoms with Gasteiger partial charge in [0.15, 0.2) is 0 Å². The smallest absolute Gasteiger partial charge is 0.140 e. The number of nitrogens with zero attached hydrogens (tertiary/aromatic N) is 1. The molecular formula is C15H18FNO2S. The van der Waals surface area contributed by atoms with E-state index in [1.807, 2.05) is 0 Å². The van der Waals surface area contributed by atoms with Crippen LogP contribution in [0.4, 0.5) is 4.39 Å². The van der Waals surface area contributed by atoms with Crippen molar-refractivity contribution in [1.29, 1.82) is 0 Å². The molecular weight excluding hydrogens is 277 g/mol. The second kappa shape index (κ2) is 5.89. The molecule has 2 aromatic rings. The highest BCUT2D eigenvalue weighted by atomic mass is 32.1. The number of halogens is 1. The maximum Gasteiger partial charge on any atom is 0.140 e. The predicted molar refractivity (Wildman–Crippen MR) is 77.5 cm³/mol. The summed E-state index contributed by atoms with van der Waals surface area (Å²) >= 11 is 1.45. The Morgan fingerprint density at radius 2 is 1.90 bits per heavy atom. The first-order valence-electron chi connectivity index (χ1n) is 6.38. The minimum Gasteiger partial charge on any atom is -0.486 e. The maximum absolute atomic E-state index is 12.8. The zero-order chi connectivity index (χ0) is 14.8. The van der Waals surface area contributed by atoms with Crippen LogP contribution in [0.1, 0.15) is 36.3 Å². The Hall–Kier alpha value is -1.46. The second-order valence-electron chi connectivity index (χ2n) is 5.53. The van der Waals surface area contributed by atoms with Crippen molar-refractivity contribution in [2.24, 2.45) is 0 Å². The fraction of sp³-hybridized carbons (Fsp3) is 0.400. The molecule has 3 nitrogen and oxygen atoms in total. The van der Waals surface area contributed by atoms with Crippen molar-refractivity contribution in [3.63, 3.8) is 0 Å². The first-order chi connectivity index (χ1) is 9.40. The maximum atomic E-state index is 12.8. The number of rotatable bonds is 4. The van der Waals surface area contributed by atoms with E-state index in [2.05, 4.69) is 25.8 Å². The Morgan fingerprint density at radius 3 is 2.40 bits per heavy atom. The summed E-state index contributed by atoms with van der Waals surface area (Å²) in [4.78, 5) is 5.41. The topological polar surface area (TPSA) is 42.4 Å². The molecule has 0 bridgehead atoms.